The van der Waals surface area contributed by atoms with E-state index in [-0.39, 0.29) is 11.8 Å². The average Bonchev–Trinajstić information content (AvgIpc) is 3.15. The Labute approximate surface area is 199 Å². The highest BCUT2D eigenvalue weighted by Gasteiger charge is 2.32. The van der Waals surface area contributed by atoms with Crippen LogP contribution in [0.5, 0.6) is 0 Å². The zero-order chi connectivity index (χ0) is 23.8. The summed E-state index contributed by atoms with van der Waals surface area (Å²) in [6.07, 6.45) is 0.917. The first-order valence-electron chi connectivity index (χ1n) is 10.9. The molecule has 4 rings (SSSR count). The van der Waals surface area contributed by atoms with E-state index in [1.807, 2.05) is 39.0 Å². The number of carbonyl (C=O) groups is 1. The second-order valence-corrected chi connectivity index (χ2v) is 10.9. The van der Waals surface area contributed by atoms with E-state index < -0.39 is 10.0 Å². The van der Waals surface area contributed by atoms with E-state index in [0.717, 1.165) is 22.5 Å². The normalized spacial score (nSPS) is 15.5. The third kappa shape index (κ3) is 4.98. The Kier molecular flexibility index (Phi) is 6.61. The molecule has 1 aliphatic rings. The molecule has 7 nitrogen and oxygen atoms in total. The molecule has 33 heavy (non-hydrogen) atoms. The first-order valence-corrected chi connectivity index (χ1v) is 12.7. The summed E-state index contributed by atoms with van der Waals surface area (Å²) in [4.78, 5) is 13.3. The van der Waals surface area contributed by atoms with Gasteiger partial charge in [0.05, 0.1) is 16.3 Å². The fourth-order valence-corrected chi connectivity index (χ4v) is 5.74. The maximum atomic E-state index is 13.1. The summed E-state index contributed by atoms with van der Waals surface area (Å²) in [5.41, 5.74) is 3.51. The van der Waals surface area contributed by atoms with Crippen LogP contribution in [0, 0.1) is 26.7 Å². The molecule has 1 amide bonds. The highest BCUT2D eigenvalue weighted by molar-refractivity contribution is 7.89. The molecule has 1 fully saturated rings. The molecule has 2 aromatic carbocycles. The summed E-state index contributed by atoms with van der Waals surface area (Å²) < 4.78 is 29.2. The quantitative estimate of drug-likeness (QED) is 0.575. The van der Waals surface area contributed by atoms with Crippen molar-refractivity contribution in [3.63, 3.8) is 0 Å². The van der Waals surface area contributed by atoms with E-state index in [0.29, 0.717) is 41.7 Å². The van der Waals surface area contributed by atoms with Crippen molar-refractivity contribution in [3.8, 4) is 5.69 Å². The van der Waals surface area contributed by atoms with Crippen LogP contribution < -0.4 is 5.32 Å². The summed E-state index contributed by atoms with van der Waals surface area (Å²) in [6, 6.07) is 14.2. The highest BCUT2D eigenvalue weighted by Crippen LogP contribution is 2.27. The van der Waals surface area contributed by atoms with E-state index in [1.165, 1.54) is 4.31 Å². The molecule has 174 valence electrons. The van der Waals surface area contributed by atoms with Crippen LogP contribution in [0.2, 0.25) is 5.02 Å². The second-order valence-electron chi connectivity index (χ2n) is 8.48. The minimum absolute atomic E-state index is 0.138. The van der Waals surface area contributed by atoms with Crippen molar-refractivity contribution in [1.29, 1.82) is 0 Å². The number of nitrogens with one attached hydrogen (secondary N) is 1. The minimum atomic E-state index is -3.58. The number of amides is 1. The fraction of sp³-hybridized carbons (Fsp3) is 0.333. The fourth-order valence-electron chi connectivity index (χ4n) is 4.00. The number of rotatable bonds is 5. The van der Waals surface area contributed by atoms with Gasteiger partial charge < -0.3 is 5.32 Å². The number of aryl methyl sites for hydroxylation is 3. The minimum Gasteiger partial charge on any atom is -0.310 e. The van der Waals surface area contributed by atoms with Crippen molar-refractivity contribution in [1.82, 2.24) is 14.1 Å². The van der Waals surface area contributed by atoms with Gasteiger partial charge in [-0.25, -0.2) is 13.1 Å². The molecule has 1 saturated heterocycles. The van der Waals surface area contributed by atoms with E-state index >= 15 is 0 Å². The molecule has 3 aromatic rings. The van der Waals surface area contributed by atoms with Gasteiger partial charge in [-0.3, -0.25) is 4.79 Å². The predicted molar refractivity (Wildman–Crippen MR) is 129 cm³/mol. The Morgan fingerprint density at radius 3 is 2.42 bits per heavy atom. The van der Waals surface area contributed by atoms with Crippen molar-refractivity contribution in [2.45, 2.75) is 38.5 Å². The summed E-state index contributed by atoms with van der Waals surface area (Å²) in [6.45, 7) is 6.32. The monoisotopic (exact) mass is 486 g/mol. The molecule has 9 heteroatoms. The van der Waals surface area contributed by atoms with Crippen LogP contribution in [0.25, 0.3) is 5.69 Å². The van der Waals surface area contributed by atoms with Crippen molar-refractivity contribution in [2.75, 3.05) is 18.4 Å². The largest absolute Gasteiger partial charge is 0.310 e. The van der Waals surface area contributed by atoms with Crippen LogP contribution in [-0.2, 0) is 14.8 Å². The van der Waals surface area contributed by atoms with Crippen LogP contribution in [0.1, 0.15) is 29.7 Å². The zero-order valence-electron chi connectivity index (χ0n) is 18.9. The summed E-state index contributed by atoms with van der Waals surface area (Å²) in [5.74, 6) is 0.144. The molecule has 1 aliphatic heterocycles. The van der Waals surface area contributed by atoms with Crippen molar-refractivity contribution >= 4 is 33.3 Å². The van der Waals surface area contributed by atoms with Gasteiger partial charge in [0, 0.05) is 30.1 Å². The lowest BCUT2D eigenvalue weighted by molar-refractivity contribution is -0.120. The van der Waals surface area contributed by atoms with Gasteiger partial charge in [0.2, 0.25) is 15.9 Å². The molecule has 1 N–H and O–H groups in total. The number of sulfonamides is 1. The zero-order valence-corrected chi connectivity index (χ0v) is 20.4. The first-order chi connectivity index (χ1) is 15.6. The van der Waals surface area contributed by atoms with Crippen LogP contribution in [0.4, 0.5) is 5.82 Å². The van der Waals surface area contributed by atoms with Crippen LogP contribution in [0.15, 0.2) is 53.4 Å². The number of benzene rings is 2. The summed E-state index contributed by atoms with van der Waals surface area (Å²) in [7, 11) is -3.58. The second kappa shape index (κ2) is 9.29. The Hall–Kier alpha value is -2.68. The highest BCUT2D eigenvalue weighted by atomic mass is 35.5. The van der Waals surface area contributed by atoms with Gasteiger partial charge >= 0.3 is 0 Å². The first kappa shape index (κ1) is 23.5. The number of hydrogen-bond acceptors (Lipinski definition) is 4. The molecule has 0 saturated carbocycles. The van der Waals surface area contributed by atoms with Gasteiger partial charge in [0.15, 0.2) is 0 Å². The molecule has 0 bridgehead atoms. The topological polar surface area (TPSA) is 84.3 Å². The molecule has 0 radical (unpaired) electrons. The molecule has 0 spiro atoms. The number of nitrogens with zero attached hydrogens (tertiary/aromatic N) is 3. The van der Waals surface area contributed by atoms with Crippen LogP contribution in [0.3, 0.4) is 0 Å². The third-order valence-electron chi connectivity index (χ3n) is 6.08. The van der Waals surface area contributed by atoms with Crippen LogP contribution in [-0.4, -0.2) is 41.5 Å². The SMILES string of the molecule is Cc1cc(NC(=O)C2CCN(S(=O)(=O)c3ccc(C)c(C)c3)CC2)n(-c2cccc(Cl)c2)n1. The number of hydrogen-bond donors (Lipinski definition) is 1. The predicted octanol–water partition coefficient (Wildman–Crippen LogP) is 4.49. The van der Waals surface area contributed by atoms with E-state index in [1.54, 1.807) is 35.0 Å². The number of anilines is 1. The Bertz CT molecular complexity index is 1290. The Morgan fingerprint density at radius 2 is 1.76 bits per heavy atom. The van der Waals surface area contributed by atoms with Gasteiger partial charge in [-0.05, 0) is 75.1 Å². The van der Waals surface area contributed by atoms with Gasteiger partial charge in [0.25, 0.3) is 0 Å². The Balaban J connectivity index is 1.44. The summed E-state index contributed by atoms with van der Waals surface area (Å²) >= 11 is 6.11. The molecule has 0 atom stereocenters. The maximum Gasteiger partial charge on any atom is 0.243 e. The van der Waals surface area contributed by atoms with Gasteiger partial charge in [-0.15, -0.1) is 0 Å². The smallest absolute Gasteiger partial charge is 0.243 e. The van der Waals surface area contributed by atoms with Gasteiger partial charge in [0.1, 0.15) is 5.82 Å². The van der Waals surface area contributed by atoms with E-state index in [9.17, 15) is 13.2 Å². The van der Waals surface area contributed by atoms with Gasteiger partial charge in [-0.2, -0.15) is 9.40 Å². The summed E-state index contributed by atoms with van der Waals surface area (Å²) in [5, 5.41) is 8.01. The van der Waals surface area contributed by atoms with Crippen molar-refractivity contribution < 1.29 is 13.2 Å². The lowest BCUT2D eigenvalue weighted by atomic mass is 9.97. The molecule has 0 aliphatic carbocycles. The van der Waals surface area contributed by atoms with E-state index in [2.05, 4.69) is 10.4 Å². The number of halogens is 1. The molecule has 2 heterocycles. The van der Waals surface area contributed by atoms with Crippen LogP contribution >= 0.6 is 11.6 Å². The molecular formula is C24H27ClN4O3S. The Morgan fingerprint density at radius 1 is 1.03 bits per heavy atom. The number of piperidine rings is 1. The lowest BCUT2D eigenvalue weighted by Gasteiger charge is -2.30. The van der Waals surface area contributed by atoms with Gasteiger partial charge in [-0.1, -0.05) is 23.7 Å². The standard InChI is InChI=1S/C24H27ClN4O3S/c1-16-7-8-22(13-17(16)2)33(31,32)28-11-9-19(10-12-28)24(30)26-23-14-18(3)27-29(23)21-6-4-5-20(25)15-21/h4-8,13-15,19H,9-12H2,1-3H3,(H,26,30). The lowest BCUT2D eigenvalue weighted by Crippen LogP contribution is -2.41. The number of carbonyl (C=O) groups excluding carboxylic acids is 1. The average molecular weight is 487 g/mol. The third-order valence-corrected chi connectivity index (χ3v) is 8.21. The van der Waals surface area contributed by atoms with Crippen molar-refractivity contribution in [2.24, 2.45) is 5.92 Å². The maximum absolute atomic E-state index is 13.1. The molecule has 1 aromatic heterocycles. The van der Waals surface area contributed by atoms with E-state index in [4.69, 9.17) is 11.6 Å². The molecule has 0 unspecified atom stereocenters. The van der Waals surface area contributed by atoms with Crippen molar-refractivity contribution in [3.05, 3.63) is 70.4 Å². The molecular weight excluding hydrogens is 460 g/mol. The number of aromatic nitrogens is 2.